The molecule has 0 spiro atoms. The molecule has 1 aliphatic carbocycles. The Morgan fingerprint density at radius 2 is 1.02 bits per heavy atom. The van der Waals surface area contributed by atoms with Crippen LogP contribution in [0.25, 0.3) is 71.3 Å². The molecule has 0 radical (unpaired) electrons. The van der Waals surface area contributed by atoms with Crippen molar-refractivity contribution < 1.29 is 0 Å². The number of anilines is 3. The van der Waals surface area contributed by atoms with Crippen molar-refractivity contribution in [2.24, 2.45) is 0 Å². The van der Waals surface area contributed by atoms with E-state index in [0.717, 1.165) is 0 Å². The van der Waals surface area contributed by atoms with Crippen LogP contribution in [0.15, 0.2) is 188 Å². The Balaban J connectivity index is 0.992. The normalized spacial score (nSPS) is 14.2. The first-order valence-electron chi connectivity index (χ1n) is 18.5. The minimum atomic E-state index is 0.387. The molecule has 2 heterocycles. The fourth-order valence-corrected chi connectivity index (χ4v) is 9.14. The van der Waals surface area contributed by atoms with Crippen LogP contribution in [-0.2, 0) is 0 Å². The van der Waals surface area contributed by atoms with Gasteiger partial charge in [0.2, 0.25) is 0 Å². The summed E-state index contributed by atoms with van der Waals surface area (Å²) < 4.78 is 2.40. The highest BCUT2D eigenvalue weighted by atomic mass is 15.2. The molecule has 1 aliphatic heterocycles. The molecule has 1 aromatic heterocycles. The van der Waals surface area contributed by atoms with Crippen molar-refractivity contribution in [3.8, 4) is 27.9 Å². The van der Waals surface area contributed by atoms with Crippen LogP contribution in [0.4, 0.5) is 17.1 Å². The van der Waals surface area contributed by atoms with E-state index >= 15 is 0 Å². The van der Waals surface area contributed by atoms with Gasteiger partial charge < -0.3 is 9.47 Å². The molecule has 0 saturated heterocycles. The Morgan fingerprint density at radius 1 is 0.340 bits per heavy atom. The van der Waals surface area contributed by atoms with Crippen molar-refractivity contribution in [3.05, 3.63) is 205 Å². The molecule has 0 fully saturated rings. The Hall–Kier alpha value is -6.90. The first-order valence-corrected chi connectivity index (χ1v) is 18.5. The molecule has 0 amide bonds. The predicted molar refractivity (Wildman–Crippen MR) is 222 cm³/mol. The second kappa shape index (κ2) is 10.8. The lowest BCUT2D eigenvalue weighted by molar-refractivity contribution is 1.12. The maximum Gasteiger partial charge on any atom is 0.0541 e. The minimum absolute atomic E-state index is 0.387. The van der Waals surface area contributed by atoms with Gasteiger partial charge in [0.15, 0.2) is 0 Å². The van der Waals surface area contributed by atoms with Gasteiger partial charge in [0.25, 0.3) is 0 Å². The molecule has 0 N–H and O–H groups in total. The zero-order valence-electron chi connectivity index (χ0n) is 28.9. The van der Waals surface area contributed by atoms with Crippen molar-refractivity contribution in [2.45, 2.75) is 5.92 Å². The number of rotatable bonds is 4. The van der Waals surface area contributed by atoms with Gasteiger partial charge in [-0.05, 0) is 115 Å². The van der Waals surface area contributed by atoms with Gasteiger partial charge in [0.1, 0.15) is 0 Å². The molecular weight excluding hydrogens is 641 g/mol. The van der Waals surface area contributed by atoms with Gasteiger partial charge in [-0.25, -0.2) is 0 Å². The summed E-state index contributed by atoms with van der Waals surface area (Å²) in [4.78, 5) is 2.50. The lowest BCUT2D eigenvalue weighted by Crippen LogP contribution is -2.15. The molecule has 2 nitrogen and oxygen atoms in total. The highest BCUT2D eigenvalue weighted by Crippen LogP contribution is 2.62. The third-order valence-corrected chi connectivity index (χ3v) is 11.7. The maximum absolute atomic E-state index is 2.50. The first kappa shape index (κ1) is 28.8. The van der Waals surface area contributed by atoms with Crippen LogP contribution in [0.5, 0.6) is 0 Å². The van der Waals surface area contributed by atoms with Gasteiger partial charge >= 0.3 is 0 Å². The number of fused-ring (bicyclic) bond motifs is 9. The zero-order chi connectivity index (χ0) is 34.6. The summed E-state index contributed by atoms with van der Waals surface area (Å²) in [5.41, 5.74) is 16.6. The third-order valence-electron chi connectivity index (χ3n) is 11.7. The Morgan fingerprint density at radius 3 is 1.92 bits per heavy atom. The second-order valence-corrected chi connectivity index (χ2v) is 14.5. The summed E-state index contributed by atoms with van der Waals surface area (Å²) in [5.74, 6) is 0.387. The van der Waals surface area contributed by atoms with Crippen LogP contribution in [0.2, 0.25) is 0 Å². The molecule has 1 unspecified atom stereocenters. The third kappa shape index (κ3) is 4.21. The number of aromatic nitrogens is 1. The van der Waals surface area contributed by atoms with Crippen LogP contribution in [0.3, 0.4) is 0 Å². The van der Waals surface area contributed by atoms with Crippen LogP contribution in [0, 0.1) is 0 Å². The summed E-state index contributed by atoms with van der Waals surface area (Å²) in [5, 5.41) is 7.65. The quantitative estimate of drug-likeness (QED) is 0.169. The Labute approximate surface area is 307 Å². The lowest BCUT2D eigenvalue weighted by atomic mass is 9.94. The summed E-state index contributed by atoms with van der Waals surface area (Å²) in [6.45, 7) is 0. The molecule has 53 heavy (non-hydrogen) atoms. The van der Waals surface area contributed by atoms with Gasteiger partial charge in [0, 0.05) is 28.1 Å². The monoisotopic (exact) mass is 672 g/mol. The summed E-state index contributed by atoms with van der Waals surface area (Å²) in [6.07, 6.45) is 0. The molecule has 10 aromatic rings. The van der Waals surface area contributed by atoms with E-state index in [0.29, 0.717) is 5.92 Å². The van der Waals surface area contributed by atoms with E-state index in [2.05, 4.69) is 198 Å². The van der Waals surface area contributed by atoms with Crippen LogP contribution < -0.4 is 4.90 Å². The number of hydrogen-bond acceptors (Lipinski definition) is 1. The van der Waals surface area contributed by atoms with Crippen LogP contribution in [0.1, 0.15) is 22.6 Å². The summed E-state index contributed by atoms with van der Waals surface area (Å²) in [7, 11) is 0. The standard InChI is InChI=1S/C51H32N2/c1-2-9-32(10-3-1)33-19-23-38(24-20-33)52-46-15-7-6-13-42(46)45-30-35(22-28-47(45)52)36-21-26-43-49(31-36)53(48-16-8-14-44-50(43)51(44)48)39-25-27-41-37(29-39)18-17-34-11-4-5-12-40(34)41/h1-31,50H. The van der Waals surface area contributed by atoms with Crippen LogP contribution >= 0.6 is 0 Å². The van der Waals surface area contributed by atoms with E-state index in [1.165, 1.54) is 105 Å². The number of benzene rings is 9. The average Bonchev–Trinajstić information content (AvgIpc) is 3.88. The van der Waals surface area contributed by atoms with Gasteiger partial charge in [-0.3, -0.25) is 0 Å². The van der Waals surface area contributed by atoms with Gasteiger partial charge in [0.05, 0.1) is 22.4 Å². The van der Waals surface area contributed by atoms with Gasteiger partial charge in [-0.2, -0.15) is 0 Å². The average molecular weight is 673 g/mol. The second-order valence-electron chi connectivity index (χ2n) is 14.5. The van der Waals surface area contributed by atoms with Crippen molar-refractivity contribution >= 4 is 60.4 Å². The number of hydrogen-bond donors (Lipinski definition) is 0. The molecule has 0 bridgehead atoms. The van der Waals surface area contributed by atoms with E-state index in [-0.39, 0.29) is 0 Å². The Bertz CT molecular complexity index is 3110. The molecule has 2 aliphatic rings. The Kier molecular flexibility index (Phi) is 5.86. The highest BCUT2D eigenvalue weighted by molar-refractivity contribution is 6.11. The van der Waals surface area contributed by atoms with Crippen molar-refractivity contribution in [2.75, 3.05) is 4.90 Å². The number of nitrogens with zero attached hydrogens (tertiary/aromatic N) is 2. The predicted octanol–water partition coefficient (Wildman–Crippen LogP) is 13.7. The first-order chi connectivity index (χ1) is 26.3. The molecule has 0 saturated carbocycles. The van der Waals surface area contributed by atoms with Crippen molar-refractivity contribution in [3.63, 3.8) is 0 Å². The molecule has 12 rings (SSSR count). The van der Waals surface area contributed by atoms with E-state index in [1.807, 2.05) is 0 Å². The van der Waals surface area contributed by atoms with E-state index in [4.69, 9.17) is 0 Å². The number of para-hydroxylation sites is 1. The van der Waals surface area contributed by atoms with E-state index in [9.17, 15) is 0 Å². The van der Waals surface area contributed by atoms with E-state index in [1.54, 1.807) is 0 Å². The fraction of sp³-hybridized carbons (Fsp3) is 0.0196. The van der Waals surface area contributed by atoms with Crippen molar-refractivity contribution in [1.29, 1.82) is 0 Å². The summed E-state index contributed by atoms with van der Waals surface area (Å²) in [6, 6.07) is 69.5. The molecular formula is C51H32N2. The summed E-state index contributed by atoms with van der Waals surface area (Å²) >= 11 is 0. The minimum Gasteiger partial charge on any atom is -0.310 e. The largest absolute Gasteiger partial charge is 0.310 e. The van der Waals surface area contributed by atoms with E-state index < -0.39 is 0 Å². The molecule has 246 valence electrons. The van der Waals surface area contributed by atoms with Gasteiger partial charge in [-0.15, -0.1) is 0 Å². The van der Waals surface area contributed by atoms with Crippen LogP contribution in [-0.4, -0.2) is 4.57 Å². The molecule has 1 atom stereocenters. The zero-order valence-corrected chi connectivity index (χ0v) is 28.9. The topological polar surface area (TPSA) is 8.17 Å². The SMILES string of the molecule is c1ccc(-c2ccc(-n3c4ccccc4c4cc(-c5ccc6c(c5)N(c5ccc7c(ccc8ccccc87)c5)c5cccc7c5C67)ccc43)cc2)cc1. The lowest BCUT2D eigenvalue weighted by Gasteiger charge is -2.31. The molecule has 9 aromatic carbocycles. The smallest absolute Gasteiger partial charge is 0.0541 e. The van der Waals surface area contributed by atoms with Crippen molar-refractivity contribution in [1.82, 2.24) is 4.57 Å². The fourth-order valence-electron chi connectivity index (χ4n) is 9.14. The molecule has 2 heteroatoms. The van der Waals surface area contributed by atoms with Gasteiger partial charge in [-0.1, -0.05) is 133 Å². The maximum atomic E-state index is 2.50. The highest BCUT2D eigenvalue weighted by Gasteiger charge is 2.44.